The van der Waals surface area contributed by atoms with Gasteiger partial charge in [-0.05, 0) is 50.9 Å². The molecule has 1 N–H and O–H groups in total. The zero-order valence-corrected chi connectivity index (χ0v) is 18.3. The number of hydrogen-bond donors (Lipinski definition) is 1. The van der Waals surface area contributed by atoms with E-state index in [0.29, 0.717) is 36.0 Å². The molecule has 4 rings (SSSR count). The number of likely N-dealkylation sites (tertiary alicyclic amines) is 1. The molecule has 0 spiro atoms. The standard InChI is InChI=1S/C22H30F2N4OS/c1-22(23,24)14-28-10-8-17(9-11-28)30-13-20-26-19-12-16(25-15-4-2-3-5-15)6-7-18(19)21(29)27-20/h6-7,12,15,17-18H,2-5,8-11,13-14H2,1H3,(H,26,27,29). The number of amidine groups is 1. The number of carbonyl (C=O) groups excluding carboxylic acids is 1. The zero-order chi connectivity index (χ0) is 21.1. The summed E-state index contributed by atoms with van der Waals surface area (Å²) in [5.41, 5.74) is 1.69. The molecular formula is C22H30F2N4OS. The molecule has 1 amide bonds. The Bertz CT molecular complexity index is 772. The number of rotatable bonds is 6. The zero-order valence-electron chi connectivity index (χ0n) is 17.4. The van der Waals surface area contributed by atoms with Crippen molar-refractivity contribution in [3.05, 3.63) is 23.9 Å². The SMILES string of the molecule is CC(F)(F)CN1CCC(SCC2=NC3=CC(=NC4CCCC4)C=CC3C(=O)N2)CC1. The van der Waals surface area contributed by atoms with E-state index in [1.165, 1.54) is 12.8 Å². The molecule has 0 aromatic carbocycles. The van der Waals surface area contributed by atoms with E-state index in [9.17, 15) is 13.6 Å². The van der Waals surface area contributed by atoms with Crippen LogP contribution in [0, 0.1) is 5.92 Å². The number of aliphatic imine (C=N–C) groups is 2. The summed E-state index contributed by atoms with van der Waals surface area (Å²) in [6.07, 6.45) is 12.3. The predicted octanol–water partition coefficient (Wildman–Crippen LogP) is 3.82. The van der Waals surface area contributed by atoms with Crippen LogP contribution in [-0.4, -0.2) is 65.0 Å². The third kappa shape index (κ3) is 5.78. The van der Waals surface area contributed by atoms with Crippen molar-refractivity contribution in [2.45, 2.75) is 62.7 Å². The predicted molar refractivity (Wildman–Crippen MR) is 119 cm³/mol. The minimum absolute atomic E-state index is 0.0389. The van der Waals surface area contributed by atoms with Crippen molar-refractivity contribution >= 4 is 29.2 Å². The maximum absolute atomic E-state index is 13.2. The van der Waals surface area contributed by atoms with Gasteiger partial charge >= 0.3 is 0 Å². The van der Waals surface area contributed by atoms with Crippen LogP contribution >= 0.6 is 11.8 Å². The van der Waals surface area contributed by atoms with Crippen molar-refractivity contribution in [1.29, 1.82) is 0 Å². The topological polar surface area (TPSA) is 57.1 Å². The highest BCUT2D eigenvalue weighted by Crippen LogP contribution is 2.28. The van der Waals surface area contributed by atoms with Gasteiger partial charge in [0.15, 0.2) is 0 Å². The molecule has 5 nitrogen and oxygen atoms in total. The Hall–Kier alpha value is -1.54. The Labute approximate surface area is 181 Å². The molecular weight excluding hydrogens is 406 g/mol. The first-order valence-electron chi connectivity index (χ1n) is 10.9. The number of hydrogen-bond acceptors (Lipinski definition) is 5. The molecule has 1 saturated heterocycles. The average molecular weight is 437 g/mol. The molecule has 2 heterocycles. The van der Waals surface area contributed by atoms with Crippen LogP contribution in [0.2, 0.25) is 0 Å². The maximum atomic E-state index is 13.2. The molecule has 8 heteroatoms. The fraction of sp³-hybridized carbons (Fsp3) is 0.682. The monoisotopic (exact) mass is 436 g/mol. The third-order valence-electron chi connectivity index (χ3n) is 6.04. The molecule has 1 atom stereocenters. The van der Waals surface area contributed by atoms with Crippen LogP contribution in [0.15, 0.2) is 33.9 Å². The van der Waals surface area contributed by atoms with E-state index in [-0.39, 0.29) is 18.4 Å². The molecule has 0 bridgehead atoms. The highest BCUT2D eigenvalue weighted by molar-refractivity contribution is 8.00. The summed E-state index contributed by atoms with van der Waals surface area (Å²) in [7, 11) is 0. The summed E-state index contributed by atoms with van der Waals surface area (Å²) in [5, 5.41) is 3.34. The van der Waals surface area contributed by atoms with Gasteiger partial charge in [-0.15, -0.1) is 0 Å². The van der Waals surface area contributed by atoms with Gasteiger partial charge in [0, 0.05) is 12.2 Å². The van der Waals surface area contributed by atoms with Gasteiger partial charge in [-0.3, -0.25) is 14.7 Å². The highest BCUT2D eigenvalue weighted by atomic mass is 32.2. The molecule has 0 aromatic heterocycles. The molecule has 30 heavy (non-hydrogen) atoms. The smallest absolute Gasteiger partial charge is 0.257 e. The van der Waals surface area contributed by atoms with Crippen LogP contribution in [0.4, 0.5) is 8.78 Å². The second-order valence-corrected chi connectivity index (χ2v) is 10.1. The summed E-state index contributed by atoms with van der Waals surface area (Å²) >= 11 is 1.76. The van der Waals surface area contributed by atoms with Gasteiger partial charge in [0.05, 0.1) is 35.7 Å². The number of piperidine rings is 1. The molecule has 2 aliphatic heterocycles. The largest absolute Gasteiger partial charge is 0.313 e. The van der Waals surface area contributed by atoms with E-state index in [1.54, 1.807) is 11.8 Å². The van der Waals surface area contributed by atoms with E-state index in [4.69, 9.17) is 9.98 Å². The van der Waals surface area contributed by atoms with Crippen molar-refractivity contribution in [2.75, 3.05) is 25.4 Å². The van der Waals surface area contributed by atoms with Crippen molar-refractivity contribution in [2.24, 2.45) is 15.9 Å². The summed E-state index contributed by atoms with van der Waals surface area (Å²) < 4.78 is 26.4. The van der Waals surface area contributed by atoms with Crippen LogP contribution in [0.5, 0.6) is 0 Å². The first-order chi connectivity index (χ1) is 14.4. The Morgan fingerprint density at radius 1 is 1.27 bits per heavy atom. The van der Waals surface area contributed by atoms with E-state index in [0.717, 1.165) is 44.0 Å². The normalized spacial score (nSPS) is 27.8. The molecule has 2 aliphatic carbocycles. The minimum atomic E-state index is -2.64. The molecule has 1 unspecified atom stereocenters. The van der Waals surface area contributed by atoms with Gasteiger partial charge in [-0.2, -0.15) is 11.8 Å². The summed E-state index contributed by atoms with van der Waals surface area (Å²) in [6.45, 7) is 2.20. The van der Waals surface area contributed by atoms with E-state index in [1.807, 2.05) is 23.1 Å². The van der Waals surface area contributed by atoms with Crippen LogP contribution < -0.4 is 5.32 Å². The van der Waals surface area contributed by atoms with Gasteiger partial charge in [-0.25, -0.2) is 13.8 Å². The second-order valence-electron chi connectivity index (χ2n) is 8.80. The van der Waals surface area contributed by atoms with Gasteiger partial charge in [0.2, 0.25) is 5.91 Å². The number of nitrogens with zero attached hydrogens (tertiary/aromatic N) is 3. The number of allylic oxidation sites excluding steroid dienone is 2. The van der Waals surface area contributed by atoms with Crippen LogP contribution in [-0.2, 0) is 4.79 Å². The first-order valence-corrected chi connectivity index (χ1v) is 12.0. The van der Waals surface area contributed by atoms with Crippen molar-refractivity contribution in [3.8, 4) is 0 Å². The van der Waals surface area contributed by atoms with Gasteiger partial charge < -0.3 is 5.32 Å². The number of alkyl halides is 2. The summed E-state index contributed by atoms with van der Waals surface area (Å²) in [4.78, 5) is 23.9. The fourth-order valence-electron chi connectivity index (χ4n) is 4.53. The molecule has 2 fully saturated rings. The van der Waals surface area contributed by atoms with Gasteiger partial charge in [0.1, 0.15) is 5.84 Å². The van der Waals surface area contributed by atoms with Crippen molar-refractivity contribution in [1.82, 2.24) is 10.2 Å². The molecule has 4 aliphatic rings. The number of fused-ring (bicyclic) bond motifs is 1. The molecule has 0 radical (unpaired) electrons. The first kappa shape index (κ1) is 21.7. The molecule has 0 aromatic rings. The van der Waals surface area contributed by atoms with E-state index >= 15 is 0 Å². The van der Waals surface area contributed by atoms with E-state index in [2.05, 4.69) is 5.32 Å². The highest BCUT2D eigenvalue weighted by Gasteiger charge is 2.31. The fourth-order valence-corrected chi connectivity index (χ4v) is 5.60. The molecule has 164 valence electrons. The Kier molecular flexibility index (Phi) is 6.72. The number of halogens is 2. The van der Waals surface area contributed by atoms with Crippen molar-refractivity contribution in [3.63, 3.8) is 0 Å². The average Bonchev–Trinajstić information content (AvgIpc) is 3.19. The lowest BCUT2D eigenvalue weighted by molar-refractivity contribution is -0.121. The van der Waals surface area contributed by atoms with Crippen LogP contribution in [0.3, 0.4) is 0 Å². The second kappa shape index (κ2) is 9.30. The van der Waals surface area contributed by atoms with Gasteiger partial charge in [-0.1, -0.05) is 18.9 Å². The Morgan fingerprint density at radius 2 is 2.00 bits per heavy atom. The lowest BCUT2D eigenvalue weighted by Crippen LogP contribution is -2.43. The van der Waals surface area contributed by atoms with Gasteiger partial charge in [0.25, 0.3) is 5.92 Å². The third-order valence-corrected chi connectivity index (χ3v) is 7.42. The van der Waals surface area contributed by atoms with Crippen LogP contribution in [0.25, 0.3) is 0 Å². The lowest BCUT2D eigenvalue weighted by Gasteiger charge is -2.33. The number of amides is 1. The number of thioether (sulfide) groups is 1. The Morgan fingerprint density at radius 3 is 2.70 bits per heavy atom. The van der Waals surface area contributed by atoms with Crippen LogP contribution in [0.1, 0.15) is 45.4 Å². The quantitative estimate of drug-likeness (QED) is 0.689. The summed E-state index contributed by atoms with van der Waals surface area (Å²) in [5.74, 6) is -1.70. The number of nitrogens with one attached hydrogen (secondary N) is 1. The van der Waals surface area contributed by atoms with E-state index < -0.39 is 5.92 Å². The lowest BCUT2D eigenvalue weighted by atomic mass is 9.96. The number of carbonyl (C=O) groups is 1. The maximum Gasteiger partial charge on any atom is 0.257 e. The Balaban J connectivity index is 1.32. The minimum Gasteiger partial charge on any atom is -0.313 e. The molecule has 1 saturated carbocycles. The summed E-state index contributed by atoms with van der Waals surface area (Å²) in [6, 6.07) is 0.396. The van der Waals surface area contributed by atoms with Crippen molar-refractivity contribution < 1.29 is 13.6 Å².